The average Bonchev–Trinajstić information content (AvgIpc) is 3.29. The van der Waals surface area contributed by atoms with Gasteiger partial charge in [0.05, 0.1) is 22.5 Å². The third-order valence-corrected chi connectivity index (χ3v) is 5.60. The number of carbonyl (C=O) groups is 1. The number of hydrogen-bond donors (Lipinski definition) is 1. The number of alkyl halides is 6. The van der Waals surface area contributed by atoms with Crippen LogP contribution < -0.4 is 5.32 Å². The third kappa shape index (κ3) is 4.27. The molecular formula is C20H13F6N3OS. The number of anilines is 1. The van der Waals surface area contributed by atoms with Gasteiger partial charge in [-0.05, 0) is 30.3 Å². The van der Waals surface area contributed by atoms with Gasteiger partial charge >= 0.3 is 12.4 Å². The van der Waals surface area contributed by atoms with Gasteiger partial charge in [-0.15, -0.1) is 0 Å². The number of hydrogen-bond acceptors (Lipinski definition) is 3. The minimum Gasteiger partial charge on any atom is -0.306 e. The number of fused-ring (bicyclic) bond motifs is 1. The number of halogens is 6. The quantitative estimate of drug-likeness (QED) is 0.498. The fraction of sp³-hybridized carbons (Fsp3) is 0.200. The van der Waals surface area contributed by atoms with Gasteiger partial charge in [-0.3, -0.25) is 4.79 Å². The van der Waals surface area contributed by atoms with Gasteiger partial charge < -0.3 is 5.32 Å². The van der Waals surface area contributed by atoms with Crippen molar-refractivity contribution >= 4 is 23.5 Å². The first-order valence-corrected chi connectivity index (χ1v) is 10.0. The molecule has 1 amide bonds. The van der Waals surface area contributed by atoms with Crippen LogP contribution in [-0.2, 0) is 23.9 Å². The zero-order valence-corrected chi connectivity index (χ0v) is 16.3. The summed E-state index contributed by atoms with van der Waals surface area (Å²) in [6.45, 7) is 0. The molecule has 11 heteroatoms. The van der Waals surface area contributed by atoms with Gasteiger partial charge in [-0.25, -0.2) is 4.68 Å². The van der Waals surface area contributed by atoms with Crippen LogP contribution in [0.5, 0.6) is 0 Å². The van der Waals surface area contributed by atoms with Crippen LogP contribution >= 0.6 is 11.8 Å². The van der Waals surface area contributed by atoms with Crippen molar-refractivity contribution in [2.75, 3.05) is 5.32 Å². The number of para-hydroxylation sites is 1. The zero-order valence-electron chi connectivity index (χ0n) is 15.5. The highest BCUT2D eigenvalue weighted by atomic mass is 32.2. The van der Waals surface area contributed by atoms with E-state index in [1.54, 1.807) is 30.3 Å². The summed E-state index contributed by atoms with van der Waals surface area (Å²) in [5.41, 5.74) is -1.87. The first-order chi connectivity index (χ1) is 14.5. The average molecular weight is 457 g/mol. The Balaban J connectivity index is 1.76. The Bertz CT molecular complexity index is 1110. The molecule has 2 aromatic carbocycles. The Hall–Kier alpha value is -2.95. The lowest BCUT2D eigenvalue weighted by molar-refractivity contribution is -0.143. The maximum absolute atomic E-state index is 13.1. The molecule has 0 bridgehead atoms. The van der Waals surface area contributed by atoms with Gasteiger partial charge in [0.1, 0.15) is 5.82 Å². The lowest BCUT2D eigenvalue weighted by Crippen LogP contribution is -2.19. The molecule has 0 spiro atoms. The van der Waals surface area contributed by atoms with E-state index in [-0.39, 0.29) is 11.9 Å². The molecule has 0 atom stereocenters. The van der Waals surface area contributed by atoms with Crippen LogP contribution in [0.3, 0.4) is 0 Å². The minimum absolute atomic E-state index is 0.0145. The molecule has 0 unspecified atom stereocenters. The van der Waals surface area contributed by atoms with Crippen molar-refractivity contribution in [1.29, 1.82) is 0 Å². The SMILES string of the molecule is O=C(Nc1c2c(nn1-c1ccccc1)CSC2)c1cc(C(F)(F)F)cc(C(F)(F)F)c1. The Morgan fingerprint density at radius 2 is 1.55 bits per heavy atom. The van der Waals surface area contributed by atoms with E-state index >= 15 is 0 Å². The first-order valence-electron chi connectivity index (χ1n) is 8.89. The Labute approximate surface area is 176 Å². The monoisotopic (exact) mass is 457 g/mol. The predicted molar refractivity (Wildman–Crippen MR) is 103 cm³/mol. The van der Waals surface area contributed by atoms with Gasteiger partial charge in [0.2, 0.25) is 0 Å². The number of carbonyl (C=O) groups excluding carboxylic acids is 1. The van der Waals surface area contributed by atoms with E-state index in [9.17, 15) is 31.1 Å². The number of thioether (sulfide) groups is 1. The summed E-state index contributed by atoms with van der Waals surface area (Å²) in [5, 5.41) is 6.92. The fourth-order valence-corrected chi connectivity index (χ4v) is 4.20. The van der Waals surface area contributed by atoms with Crippen LogP contribution in [0, 0.1) is 0 Å². The molecular weight excluding hydrogens is 444 g/mol. The fourth-order valence-electron chi connectivity index (χ4n) is 3.16. The van der Waals surface area contributed by atoms with E-state index in [4.69, 9.17) is 0 Å². The summed E-state index contributed by atoms with van der Waals surface area (Å²) in [7, 11) is 0. The maximum atomic E-state index is 13.1. The smallest absolute Gasteiger partial charge is 0.306 e. The normalized spacial score (nSPS) is 13.9. The van der Waals surface area contributed by atoms with Crippen molar-refractivity contribution in [1.82, 2.24) is 9.78 Å². The van der Waals surface area contributed by atoms with Crippen molar-refractivity contribution < 1.29 is 31.1 Å². The largest absolute Gasteiger partial charge is 0.416 e. The highest BCUT2D eigenvalue weighted by Crippen LogP contribution is 2.38. The highest BCUT2D eigenvalue weighted by molar-refractivity contribution is 7.98. The number of benzene rings is 2. The number of nitrogens with zero attached hydrogens (tertiary/aromatic N) is 2. The van der Waals surface area contributed by atoms with Crippen molar-refractivity contribution in [3.63, 3.8) is 0 Å². The molecule has 2 heterocycles. The van der Waals surface area contributed by atoms with Crippen LogP contribution in [0.4, 0.5) is 32.2 Å². The lowest BCUT2D eigenvalue weighted by atomic mass is 10.0. The second-order valence-corrected chi connectivity index (χ2v) is 7.75. The number of aromatic nitrogens is 2. The second-order valence-electron chi connectivity index (χ2n) is 6.76. The van der Waals surface area contributed by atoms with Gasteiger partial charge in [-0.1, -0.05) is 18.2 Å². The molecule has 31 heavy (non-hydrogen) atoms. The topological polar surface area (TPSA) is 46.9 Å². The molecule has 0 saturated heterocycles. The number of nitrogens with one attached hydrogen (secondary N) is 1. The maximum Gasteiger partial charge on any atom is 0.416 e. The summed E-state index contributed by atoms with van der Waals surface area (Å²) < 4.78 is 80.2. The van der Waals surface area contributed by atoms with Crippen LogP contribution in [0.1, 0.15) is 32.7 Å². The van der Waals surface area contributed by atoms with E-state index in [1.165, 1.54) is 16.4 Å². The zero-order chi connectivity index (χ0) is 22.4. The lowest BCUT2D eigenvalue weighted by Gasteiger charge is -2.15. The van der Waals surface area contributed by atoms with Crippen LogP contribution in [0.15, 0.2) is 48.5 Å². The van der Waals surface area contributed by atoms with E-state index < -0.39 is 35.0 Å². The van der Waals surface area contributed by atoms with Crippen LogP contribution in [0.2, 0.25) is 0 Å². The number of amides is 1. The van der Waals surface area contributed by atoms with Crippen molar-refractivity contribution in [3.05, 3.63) is 76.5 Å². The summed E-state index contributed by atoms with van der Waals surface area (Å²) in [4.78, 5) is 12.8. The Morgan fingerprint density at radius 3 is 2.13 bits per heavy atom. The molecule has 1 aliphatic heterocycles. The van der Waals surface area contributed by atoms with Gasteiger partial charge in [0.15, 0.2) is 0 Å². The molecule has 4 rings (SSSR count). The minimum atomic E-state index is -5.04. The predicted octanol–water partition coefficient (Wildman–Crippen LogP) is 5.91. The Morgan fingerprint density at radius 1 is 0.935 bits per heavy atom. The molecule has 1 aromatic heterocycles. The Kier molecular flexibility index (Phi) is 5.24. The highest BCUT2D eigenvalue weighted by Gasteiger charge is 2.37. The molecule has 3 aromatic rings. The molecule has 162 valence electrons. The standard InChI is InChI=1S/C20H13F6N3OS/c21-19(22,23)12-6-11(7-13(8-12)20(24,25)26)18(30)27-17-15-9-31-10-16(15)28-29(17)14-4-2-1-3-5-14/h1-8H,9-10H2,(H,27,30). The summed E-state index contributed by atoms with van der Waals surface area (Å²) in [5.74, 6) is 0.226. The van der Waals surface area contributed by atoms with Crippen molar-refractivity contribution in [3.8, 4) is 5.69 Å². The van der Waals surface area contributed by atoms with Crippen molar-refractivity contribution in [2.45, 2.75) is 23.9 Å². The molecule has 1 N–H and O–H groups in total. The summed E-state index contributed by atoms with van der Waals surface area (Å²) in [6.07, 6.45) is -10.1. The molecule has 0 fully saturated rings. The van der Waals surface area contributed by atoms with Gasteiger partial charge in [0.25, 0.3) is 5.91 Å². The van der Waals surface area contributed by atoms with Gasteiger partial charge in [-0.2, -0.15) is 43.2 Å². The summed E-state index contributed by atoms with van der Waals surface area (Å²) >= 11 is 1.54. The molecule has 0 aliphatic carbocycles. The van der Waals surface area contributed by atoms with E-state index in [0.29, 0.717) is 40.6 Å². The number of rotatable bonds is 3. The third-order valence-electron chi connectivity index (χ3n) is 4.63. The van der Waals surface area contributed by atoms with Gasteiger partial charge in [0, 0.05) is 22.6 Å². The first kappa shape index (κ1) is 21.3. The van der Waals surface area contributed by atoms with E-state index in [1.807, 2.05) is 0 Å². The molecule has 1 aliphatic rings. The van der Waals surface area contributed by atoms with E-state index in [0.717, 1.165) is 0 Å². The second kappa shape index (κ2) is 7.63. The molecule has 0 saturated carbocycles. The van der Waals surface area contributed by atoms with Crippen LogP contribution in [0.25, 0.3) is 5.69 Å². The van der Waals surface area contributed by atoms with Crippen LogP contribution in [-0.4, -0.2) is 15.7 Å². The molecule has 0 radical (unpaired) electrons. The summed E-state index contributed by atoms with van der Waals surface area (Å²) in [6, 6.07) is 9.49. The van der Waals surface area contributed by atoms with E-state index in [2.05, 4.69) is 10.4 Å². The molecule has 4 nitrogen and oxygen atoms in total. The van der Waals surface area contributed by atoms with Crippen molar-refractivity contribution in [2.24, 2.45) is 0 Å².